The molecule has 7 nitrogen and oxygen atoms in total. The first-order valence-electron chi connectivity index (χ1n) is 9.25. The molecule has 9 heteroatoms. The lowest BCUT2D eigenvalue weighted by molar-refractivity contribution is -0.133. The van der Waals surface area contributed by atoms with E-state index in [-0.39, 0.29) is 37.2 Å². The Labute approximate surface area is 162 Å². The third-order valence-corrected chi connectivity index (χ3v) is 4.87. The number of hydrogen-bond donors (Lipinski definition) is 2. The Hall–Kier alpha value is -2.71. The molecule has 1 atom stereocenters. The number of amides is 4. The number of nitrogens with two attached hydrogens (primary N) is 1. The monoisotopic (exact) mass is 396 g/mol. The van der Waals surface area contributed by atoms with Gasteiger partial charge in [-0.05, 0) is 42.9 Å². The molecule has 1 fully saturated rings. The van der Waals surface area contributed by atoms with Gasteiger partial charge in [0.25, 0.3) is 0 Å². The molecule has 1 aliphatic rings. The maximum absolute atomic E-state index is 13.2. The van der Waals surface area contributed by atoms with Gasteiger partial charge >= 0.3 is 6.03 Å². The number of nitrogens with one attached hydrogen (secondary N) is 1. The highest BCUT2D eigenvalue weighted by Gasteiger charge is 2.25. The number of carbonyl (C=O) groups excluding carboxylic acids is 3. The smallest absolute Gasteiger partial charge is 0.314 e. The molecule has 0 bridgehead atoms. The van der Waals surface area contributed by atoms with Gasteiger partial charge in [0.1, 0.15) is 6.54 Å². The van der Waals surface area contributed by atoms with Crippen molar-refractivity contribution in [3.63, 3.8) is 0 Å². The Morgan fingerprint density at radius 2 is 2.04 bits per heavy atom. The predicted molar refractivity (Wildman–Crippen MR) is 99.0 cm³/mol. The van der Waals surface area contributed by atoms with Gasteiger partial charge in [0.15, 0.2) is 11.6 Å². The summed E-state index contributed by atoms with van der Waals surface area (Å²) in [6.07, 6.45) is 2.68. The van der Waals surface area contributed by atoms with Crippen LogP contribution in [0.15, 0.2) is 18.2 Å². The van der Waals surface area contributed by atoms with E-state index >= 15 is 0 Å². The topological polar surface area (TPSA) is 95.7 Å². The van der Waals surface area contributed by atoms with Crippen LogP contribution in [0.25, 0.3) is 0 Å². The van der Waals surface area contributed by atoms with Crippen molar-refractivity contribution in [2.75, 3.05) is 26.7 Å². The van der Waals surface area contributed by atoms with E-state index in [2.05, 4.69) is 5.32 Å². The zero-order valence-corrected chi connectivity index (χ0v) is 15.9. The number of hydrogen-bond acceptors (Lipinski definition) is 3. The predicted octanol–water partition coefficient (Wildman–Crippen LogP) is 1.61. The van der Waals surface area contributed by atoms with E-state index in [1.807, 2.05) is 0 Å². The molecule has 1 aromatic rings. The second kappa shape index (κ2) is 10.0. The molecule has 154 valence electrons. The van der Waals surface area contributed by atoms with Crippen LogP contribution < -0.4 is 11.1 Å². The van der Waals surface area contributed by atoms with Gasteiger partial charge in [0.2, 0.25) is 11.8 Å². The summed E-state index contributed by atoms with van der Waals surface area (Å²) in [6.45, 7) is 1.24. The average molecular weight is 396 g/mol. The van der Waals surface area contributed by atoms with Crippen molar-refractivity contribution in [1.82, 2.24) is 15.1 Å². The lowest BCUT2D eigenvalue weighted by atomic mass is 9.93. The van der Waals surface area contributed by atoms with Crippen molar-refractivity contribution in [3.05, 3.63) is 35.4 Å². The van der Waals surface area contributed by atoms with Gasteiger partial charge in [-0.25, -0.2) is 13.6 Å². The van der Waals surface area contributed by atoms with Crippen molar-refractivity contribution in [2.45, 2.75) is 32.2 Å². The summed E-state index contributed by atoms with van der Waals surface area (Å²) >= 11 is 0. The number of carbonyl (C=O) groups is 3. The van der Waals surface area contributed by atoms with E-state index < -0.39 is 17.7 Å². The summed E-state index contributed by atoms with van der Waals surface area (Å²) < 4.78 is 26.1. The maximum Gasteiger partial charge on any atom is 0.314 e. The van der Waals surface area contributed by atoms with Crippen LogP contribution in [0, 0.1) is 17.6 Å². The number of nitrogens with zero attached hydrogens (tertiary/aromatic N) is 2. The largest absolute Gasteiger partial charge is 0.352 e. The van der Waals surface area contributed by atoms with Crippen molar-refractivity contribution in [2.24, 2.45) is 11.7 Å². The van der Waals surface area contributed by atoms with Crippen LogP contribution >= 0.6 is 0 Å². The third-order valence-electron chi connectivity index (χ3n) is 4.87. The molecule has 1 aromatic carbocycles. The van der Waals surface area contributed by atoms with E-state index in [1.54, 1.807) is 4.90 Å². The van der Waals surface area contributed by atoms with Crippen molar-refractivity contribution >= 4 is 17.8 Å². The Bertz CT molecular complexity index is 729. The molecule has 1 saturated heterocycles. The fourth-order valence-electron chi connectivity index (χ4n) is 3.18. The number of primary amides is 1. The Morgan fingerprint density at radius 3 is 2.71 bits per heavy atom. The quantitative estimate of drug-likeness (QED) is 0.733. The average Bonchev–Trinajstić information content (AvgIpc) is 2.67. The molecule has 0 aliphatic carbocycles. The molecule has 28 heavy (non-hydrogen) atoms. The lowest BCUT2D eigenvalue weighted by Gasteiger charge is -2.33. The fraction of sp³-hybridized carbons (Fsp3) is 0.526. The third kappa shape index (κ3) is 6.47. The fourth-order valence-corrected chi connectivity index (χ4v) is 3.18. The summed E-state index contributed by atoms with van der Waals surface area (Å²) in [7, 11) is 1.47. The molecule has 4 amide bonds. The first-order valence-corrected chi connectivity index (χ1v) is 9.25. The van der Waals surface area contributed by atoms with Gasteiger partial charge in [-0.1, -0.05) is 6.07 Å². The molecule has 3 N–H and O–H groups in total. The second-order valence-electron chi connectivity index (χ2n) is 7.11. The minimum atomic E-state index is -0.944. The summed E-state index contributed by atoms with van der Waals surface area (Å²) in [5, 5.41) is 2.69. The van der Waals surface area contributed by atoms with Crippen LogP contribution in [0.3, 0.4) is 0 Å². The second-order valence-corrected chi connectivity index (χ2v) is 7.11. The standard InChI is InChI=1S/C19H26F2N4O3/c1-24(19(22)28)12-18(27)25-8-2-3-13(11-25)5-7-17(26)23-10-14-4-6-15(20)16(21)9-14/h4,6,9,13H,2-3,5,7-8,10-12H2,1H3,(H2,22,28)(H,23,26)/t13-/m1/s1. The Morgan fingerprint density at radius 1 is 1.29 bits per heavy atom. The van der Waals surface area contributed by atoms with Gasteiger partial charge in [0, 0.05) is 33.1 Å². The van der Waals surface area contributed by atoms with E-state index in [0.29, 0.717) is 25.1 Å². The summed E-state index contributed by atoms with van der Waals surface area (Å²) in [6, 6.07) is 2.86. The van der Waals surface area contributed by atoms with Crippen LogP contribution in [0.4, 0.5) is 13.6 Å². The SMILES string of the molecule is CN(CC(=O)N1CCC[C@H](CCC(=O)NCc2ccc(F)c(F)c2)C1)C(N)=O. The maximum atomic E-state index is 13.2. The molecule has 2 rings (SSSR count). The number of rotatable bonds is 7. The zero-order valence-electron chi connectivity index (χ0n) is 15.9. The van der Waals surface area contributed by atoms with Crippen LogP contribution in [0.1, 0.15) is 31.2 Å². The van der Waals surface area contributed by atoms with Crippen LogP contribution in [-0.4, -0.2) is 54.3 Å². The molecule has 0 radical (unpaired) electrons. The van der Waals surface area contributed by atoms with Gasteiger partial charge in [-0.2, -0.15) is 0 Å². The van der Waals surface area contributed by atoms with Gasteiger partial charge in [-0.3, -0.25) is 9.59 Å². The highest BCUT2D eigenvalue weighted by Crippen LogP contribution is 2.21. The molecule has 0 spiro atoms. The molecular formula is C19H26F2N4O3. The molecule has 0 saturated carbocycles. The van der Waals surface area contributed by atoms with Crippen LogP contribution in [-0.2, 0) is 16.1 Å². The first kappa shape index (κ1) is 21.6. The molecule has 1 heterocycles. The highest BCUT2D eigenvalue weighted by molar-refractivity contribution is 5.83. The molecule has 0 aromatic heterocycles. The van der Waals surface area contributed by atoms with E-state index in [4.69, 9.17) is 5.73 Å². The van der Waals surface area contributed by atoms with Crippen LogP contribution in [0.5, 0.6) is 0 Å². The number of urea groups is 1. The number of likely N-dealkylation sites (N-methyl/N-ethyl adjacent to an activating group) is 1. The van der Waals surface area contributed by atoms with Crippen molar-refractivity contribution < 1.29 is 23.2 Å². The number of halogens is 2. The van der Waals surface area contributed by atoms with E-state index in [1.165, 1.54) is 13.1 Å². The summed E-state index contributed by atoms with van der Waals surface area (Å²) in [5.74, 6) is -2.00. The number of piperidine rings is 1. The van der Waals surface area contributed by atoms with Gasteiger partial charge < -0.3 is 20.9 Å². The number of benzene rings is 1. The molecule has 0 unspecified atom stereocenters. The molecular weight excluding hydrogens is 370 g/mol. The Balaban J connectivity index is 1.74. The van der Waals surface area contributed by atoms with Crippen molar-refractivity contribution in [3.8, 4) is 0 Å². The highest BCUT2D eigenvalue weighted by atomic mass is 19.2. The summed E-state index contributed by atoms with van der Waals surface area (Å²) in [5.41, 5.74) is 5.63. The number of likely N-dealkylation sites (tertiary alicyclic amines) is 1. The van der Waals surface area contributed by atoms with Crippen LogP contribution in [0.2, 0.25) is 0 Å². The van der Waals surface area contributed by atoms with Gasteiger partial charge in [-0.15, -0.1) is 0 Å². The lowest BCUT2D eigenvalue weighted by Crippen LogP contribution is -2.46. The first-order chi connectivity index (χ1) is 13.3. The Kier molecular flexibility index (Phi) is 7.71. The van der Waals surface area contributed by atoms with Gasteiger partial charge in [0.05, 0.1) is 0 Å². The van der Waals surface area contributed by atoms with E-state index in [0.717, 1.165) is 29.9 Å². The normalized spacial score (nSPS) is 16.5. The summed E-state index contributed by atoms with van der Waals surface area (Å²) in [4.78, 5) is 38.2. The van der Waals surface area contributed by atoms with Crippen molar-refractivity contribution in [1.29, 1.82) is 0 Å². The minimum absolute atomic E-state index is 0.0588. The van der Waals surface area contributed by atoms with E-state index in [9.17, 15) is 23.2 Å². The molecule has 1 aliphatic heterocycles. The minimum Gasteiger partial charge on any atom is -0.352 e. The zero-order chi connectivity index (χ0) is 20.7.